The lowest BCUT2D eigenvalue weighted by molar-refractivity contribution is 0.197. The zero-order valence-corrected chi connectivity index (χ0v) is 9.45. The lowest BCUT2D eigenvalue weighted by atomic mass is 10.5. The minimum Gasteiger partial charge on any atom is -0.385 e. The molecule has 0 atom stereocenters. The Labute approximate surface area is 94.8 Å². The van der Waals surface area contributed by atoms with Gasteiger partial charge in [0.15, 0.2) is 0 Å². The van der Waals surface area contributed by atoms with Crippen molar-refractivity contribution in [1.82, 2.24) is 16.1 Å². The molecule has 7 N–H and O–H groups in total. The Morgan fingerprint density at radius 2 is 2.06 bits per heavy atom. The largest absolute Gasteiger partial charge is 0.385 e. The second-order valence-corrected chi connectivity index (χ2v) is 2.94. The van der Waals surface area contributed by atoms with Crippen molar-refractivity contribution in [2.24, 2.45) is 16.6 Å². The van der Waals surface area contributed by atoms with E-state index in [-0.39, 0.29) is 0 Å². The van der Waals surface area contributed by atoms with Crippen molar-refractivity contribution in [3.05, 3.63) is 0 Å². The molecule has 16 heavy (non-hydrogen) atoms. The summed E-state index contributed by atoms with van der Waals surface area (Å²) < 4.78 is 4.88. The van der Waals surface area contributed by atoms with E-state index in [9.17, 15) is 4.79 Å². The molecule has 0 unspecified atom stereocenters. The van der Waals surface area contributed by atoms with Crippen LogP contribution in [0.2, 0.25) is 0 Å². The zero-order chi connectivity index (χ0) is 12.2. The Hall–Kier alpha value is -1.54. The van der Waals surface area contributed by atoms with Crippen molar-refractivity contribution in [2.45, 2.75) is 6.42 Å². The van der Waals surface area contributed by atoms with Gasteiger partial charge in [-0.15, -0.1) is 0 Å². The van der Waals surface area contributed by atoms with Crippen molar-refractivity contribution in [3.8, 4) is 0 Å². The first-order valence-electron chi connectivity index (χ1n) is 4.98. The van der Waals surface area contributed by atoms with Crippen LogP contribution in [0.15, 0.2) is 4.99 Å². The summed E-state index contributed by atoms with van der Waals surface area (Å²) in [5.41, 5.74) is 7.31. The van der Waals surface area contributed by atoms with Gasteiger partial charge in [-0.1, -0.05) is 0 Å². The number of methoxy groups -OCH3 is 1. The molecule has 8 nitrogen and oxygen atoms in total. The summed E-state index contributed by atoms with van der Waals surface area (Å²) in [6, 6.07) is -0.555. The molecule has 0 aliphatic rings. The van der Waals surface area contributed by atoms with Crippen LogP contribution in [-0.4, -0.2) is 45.3 Å². The second kappa shape index (κ2) is 9.99. The summed E-state index contributed by atoms with van der Waals surface area (Å²) in [6.45, 7) is 2.18. The summed E-state index contributed by atoms with van der Waals surface area (Å²) in [4.78, 5) is 14.5. The van der Waals surface area contributed by atoms with Crippen molar-refractivity contribution >= 4 is 12.0 Å². The predicted octanol–water partition coefficient (Wildman–Crippen LogP) is -1.90. The number of hydrogen-bond donors (Lipinski definition) is 5. The van der Waals surface area contributed by atoms with Crippen LogP contribution in [-0.2, 0) is 4.74 Å². The van der Waals surface area contributed by atoms with E-state index in [1.165, 1.54) is 0 Å². The lowest BCUT2D eigenvalue weighted by Crippen LogP contribution is -2.45. The monoisotopic (exact) mass is 232 g/mol. The minimum absolute atomic E-state index is 0.411. The van der Waals surface area contributed by atoms with Crippen LogP contribution in [0.5, 0.6) is 0 Å². The average Bonchev–Trinajstić information content (AvgIpc) is 2.26. The lowest BCUT2D eigenvalue weighted by Gasteiger charge is -2.09. The smallest absolute Gasteiger partial charge is 0.312 e. The summed E-state index contributed by atoms with van der Waals surface area (Å²) in [6.07, 6.45) is 0.822. The first-order valence-corrected chi connectivity index (χ1v) is 4.98. The van der Waals surface area contributed by atoms with Gasteiger partial charge < -0.3 is 21.1 Å². The summed E-state index contributed by atoms with van der Waals surface area (Å²) in [5.74, 6) is 5.72. The van der Waals surface area contributed by atoms with Gasteiger partial charge in [0.1, 0.15) is 0 Å². The molecule has 0 aliphatic heterocycles. The highest BCUT2D eigenvalue weighted by Gasteiger charge is 1.95. The van der Waals surface area contributed by atoms with E-state index in [2.05, 4.69) is 21.1 Å². The average molecular weight is 232 g/mol. The zero-order valence-electron chi connectivity index (χ0n) is 9.45. The highest BCUT2D eigenvalue weighted by molar-refractivity contribution is 5.79. The number of primary amides is 1. The maximum atomic E-state index is 10.4. The number of urea groups is 1. The quantitative estimate of drug-likeness (QED) is 0.115. The van der Waals surface area contributed by atoms with Crippen LogP contribution >= 0.6 is 0 Å². The van der Waals surface area contributed by atoms with Gasteiger partial charge in [-0.2, -0.15) is 0 Å². The number of hydrogen-bond acceptors (Lipinski definition) is 4. The number of nitrogens with one attached hydrogen (secondary N) is 3. The first kappa shape index (κ1) is 14.5. The van der Waals surface area contributed by atoms with Gasteiger partial charge in [0, 0.05) is 33.4 Å². The Bertz CT molecular complexity index is 221. The van der Waals surface area contributed by atoms with Crippen LogP contribution in [0.25, 0.3) is 0 Å². The molecule has 0 radical (unpaired) electrons. The summed E-state index contributed by atoms with van der Waals surface area (Å²) >= 11 is 0. The molecule has 0 aromatic rings. The molecule has 0 spiro atoms. The van der Waals surface area contributed by atoms with Crippen LogP contribution in [0.3, 0.4) is 0 Å². The molecule has 94 valence electrons. The Kier molecular flexibility index (Phi) is 9.03. The van der Waals surface area contributed by atoms with E-state index in [0.29, 0.717) is 32.2 Å². The Balaban J connectivity index is 3.60. The molecule has 2 amide bonds. The molecule has 0 aliphatic carbocycles. The summed E-state index contributed by atoms with van der Waals surface area (Å²) in [7, 11) is 1.64. The fourth-order valence-electron chi connectivity index (χ4n) is 0.919. The number of rotatable bonds is 7. The minimum atomic E-state index is -0.555. The number of aliphatic imine (C=N–C) groups is 1. The molecule has 0 heterocycles. The maximum absolute atomic E-state index is 10.4. The molecule has 0 aromatic carbocycles. The van der Waals surface area contributed by atoms with E-state index in [0.717, 1.165) is 6.42 Å². The third-order valence-corrected chi connectivity index (χ3v) is 1.63. The third-order valence-electron chi connectivity index (χ3n) is 1.63. The van der Waals surface area contributed by atoms with E-state index < -0.39 is 6.03 Å². The number of carbonyl (C=O) groups excluding carboxylic acids is 1. The highest BCUT2D eigenvalue weighted by atomic mass is 16.5. The first-order chi connectivity index (χ1) is 7.70. The molecule has 0 rings (SSSR count). The highest BCUT2D eigenvalue weighted by Crippen LogP contribution is 1.81. The number of nitrogens with zero attached hydrogens (tertiary/aromatic N) is 1. The van der Waals surface area contributed by atoms with Gasteiger partial charge in [0.2, 0.25) is 5.96 Å². The van der Waals surface area contributed by atoms with Crippen molar-refractivity contribution < 1.29 is 9.53 Å². The molecule has 0 aromatic heterocycles. The van der Waals surface area contributed by atoms with Crippen molar-refractivity contribution in [2.75, 3.05) is 33.4 Å². The summed E-state index contributed by atoms with van der Waals surface area (Å²) in [5, 5.41) is 5.34. The standard InChI is InChI=1S/C8H20N6O2/c1-16-6-2-3-12-8(14-10)13-5-4-11-7(9)15/h2-6,10H2,1H3,(H3,9,11,15)(H2,12,13,14). The molecule has 0 saturated carbocycles. The molecule has 8 heteroatoms. The number of amides is 2. The van der Waals surface area contributed by atoms with E-state index in [1.807, 2.05) is 0 Å². The van der Waals surface area contributed by atoms with Gasteiger partial charge in [-0.3, -0.25) is 10.4 Å². The van der Waals surface area contributed by atoms with Crippen LogP contribution in [0.1, 0.15) is 6.42 Å². The number of ether oxygens (including phenoxy) is 1. The fraction of sp³-hybridized carbons (Fsp3) is 0.750. The fourth-order valence-corrected chi connectivity index (χ4v) is 0.919. The van der Waals surface area contributed by atoms with E-state index >= 15 is 0 Å². The Morgan fingerprint density at radius 1 is 1.38 bits per heavy atom. The molecule has 0 bridgehead atoms. The number of guanidine groups is 1. The number of nitrogens with two attached hydrogens (primary N) is 2. The van der Waals surface area contributed by atoms with Gasteiger partial charge in [-0.05, 0) is 6.42 Å². The number of carbonyl (C=O) groups is 1. The van der Waals surface area contributed by atoms with Crippen molar-refractivity contribution in [3.63, 3.8) is 0 Å². The van der Waals surface area contributed by atoms with Crippen molar-refractivity contribution in [1.29, 1.82) is 0 Å². The molecular weight excluding hydrogens is 212 g/mol. The second-order valence-electron chi connectivity index (χ2n) is 2.94. The van der Waals surface area contributed by atoms with E-state index in [1.54, 1.807) is 7.11 Å². The Morgan fingerprint density at radius 3 is 2.62 bits per heavy atom. The van der Waals surface area contributed by atoms with Crippen LogP contribution in [0.4, 0.5) is 4.79 Å². The van der Waals surface area contributed by atoms with Gasteiger partial charge in [0.05, 0.1) is 0 Å². The topological polar surface area (TPSA) is 127 Å². The van der Waals surface area contributed by atoms with Crippen LogP contribution in [0, 0.1) is 0 Å². The maximum Gasteiger partial charge on any atom is 0.312 e. The molecular formula is C8H20N6O2. The van der Waals surface area contributed by atoms with Crippen LogP contribution < -0.4 is 27.6 Å². The predicted molar refractivity (Wildman–Crippen MR) is 61.7 cm³/mol. The van der Waals surface area contributed by atoms with E-state index in [4.69, 9.17) is 16.3 Å². The van der Waals surface area contributed by atoms with Gasteiger partial charge in [-0.25, -0.2) is 10.6 Å². The number of hydrazine groups is 1. The normalized spacial score (nSPS) is 11.0. The SMILES string of the molecule is COCCCN=C(NN)NCCNC(N)=O. The third kappa shape index (κ3) is 9.03. The van der Waals surface area contributed by atoms with Gasteiger partial charge >= 0.3 is 6.03 Å². The molecule has 0 saturated heterocycles. The molecule has 0 fully saturated rings. The van der Waals surface area contributed by atoms with Gasteiger partial charge in [0.25, 0.3) is 0 Å².